The van der Waals surface area contributed by atoms with Crippen molar-refractivity contribution in [2.75, 3.05) is 13.1 Å². The monoisotopic (exact) mass is 329 g/mol. The number of nitrogens with zero attached hydrogens (tertiary/aromatic N) is 1. The van der Waals surface area contributed by atoms with Crippen LogP contribution in [0.5, 0.6) is 0 Å². The first-order chi connectivity index (χ1) is 8.43. The lowest BCUT2D eigenvalue weighted by atomic mass is 10.2. The lowest BCUT2D eigenvalue weighted by Gasteiger charge is -2.20. The van der Waals surface area contributed by atoms with Gasteiger partial charge in [0.25, 0.3) is 0 Å². The van der Waals surface area contributed by atoms with Gasteiger partial charge in [-0.2, -0.15) is 4.31 Å². The van der Waals surface area contributed by atoms with Crippen molar-refractivity contribution in [3.8, 4) is 12.3 Å². The van der Waals surface area contributed by atoms with Gasteiger partial charge in [0, 0.05) is 11.0 Å². The van der Waals surface area contributed by atoms with Crippen molar-refractivity contribution in [3.05, 3.63) is 28.2 Å². The highest BCUT2D eigenvalue weighted by Crippen LogP contribution is 2.26. The largest absolute Gasteiger partial charge is 0.245 e. The Hall–Kier alpha value is -0.830. The molecule has 0 atom stereocenters. The Morgan fingerprint density at radius 2 is 2.11 bits per heavy atom. The smallest absolute Gasteiger partial charge is 0.207 e. The SMILES string of the molecule is C#CCN(CCC)S(=O)(=O)c1ccc(C)cc1Br. The minimum absolute atomic E-state index is 0.0937. The second-order valence-corrected chi connectivity index (χ2v) is 6.74. The number of halogens is 1. The Kier molecular flexibility index (Phi) is 5.39. The molecule has 0 spiro atoms. The van der Waals surface area contributed by atoms with E-state index >= 15 is 0 Å². The molecule has 0 N–H and O–H groups in total. The lowest BCUT2D eigenvalue weighted by Crippen LogP contribution is -2.32. The lowest BCUT2D eigenvalue weighted by molar-refractivity contribution is 0.445. The first-order valence-electron chi connectivity index (χ1n) is 5.63. The molecule has 0 aliphatic carbocycles. The maximum atomic E-state index is 12.4. The summed E-state index contributed by atoms with van der Waals surface area (Å²) in [5, 5.41) is 0. The summed E-state index contributed by atoms with van der Waals surface area (Å²) in [6.07, 6.45) is 5.96. The summed E-state index contributed by atoms with van der Waals surface area (Å²) in [5.41, 5.74) is 1.000. The first kappa shape index (κ1) is 15.2. The Morgan fingerprint density at radius 1 is 1.44 bits per heavy atom. The molecule has 1 aromatic rings. The molecule has 1 aromatic carbocycles. The molecule has 98 valence electrons. The molecule has 0 bridgehead atoms. The number of hydrogen-bond acceptors (Lipinski definition) is 2. The van der Waals surface area contributed by atoms with Crippen LogP contribution in [0.2, 0.25) is 0 Å². The van der Waals surface area contributed by atoms with Gasteiger partial charge in [-0.25, -0.2) is 8.42 Å². The Labute approximate surface area is 117 Å². The van der Waals surface area contributed by atoms with Gasteiger partial charge in [0.05, 0.1) is 11.4 Å². The van der Waals surface area contributed by atoms with Crippen molar-refractivity contribution in [2.45, 2.75) is 25.2 Å². The quantitative estimate of drug-likeness (QED) is 0.779. The molecule has 0 heterocycles. The van der Waals surface area contributed by atoms with E-state index in [1.807, 2.05) is 13.8 Å². The van der Waals surface area contributed by atoms with Gasteiger partial charge in [0.2, 0.25) is 10.0 Å². The van der Waals surface area contributed by atoms with Crippen LogP contribution in [0.25, 0.3) is 0 Å². The highest BCUT2D eigenvalue weighted by molar-refractivity contribution is 9.10. The third-order valence-electron chi connectivity index (χ3n) is 2.45. The highest BCUT2D eigenvalue weighted by atomic mass is 79.9. The molecular formula is C13H16BrNO2S. The van der Waals surface area contributed by atoms with Gasteiger partial charge in [0.15, 0.2) is 0 Å². The van der Waals surface area contributed by atoms with Gasteiger partial charge < -0.3 is 0 Å². The fourth-order valence-electron chi connectivity index (χ4n) is 1.59. The molecule has 18 heavy (non-hydrogen) atoms. The van der Waals surface area contributed by atoms with E-state index < -0.39 is 10.0 Å². The number of aryl methyl sites for hydroxylation is 1. The van der Waals surface area contributed by atoms with E-state index in [9.17, 15) is 8.42 Å². The van der Waals surface area contributed by atoms with Crippen molar-refractivity contribution in [2.24, 2.45) is 0 Å². The summed E-state index contributed by atoms with van der Waals surface area (Å²) in [6.45, 7) is 4.35. The van der Waals surface area contributed by atoms with Gasteiger partial charge >= 0.3 is 0 Å². The van der Waals surface area contributed by atoms with Crippen LogP contribution in [0.15, 0.2) is 27.6 Å². The maximum absolute atomic E-state index is 12.4. The van der Waals surface area contributed by atoms with E-state index in [-0.39, 0.29) is 11.4 Å². The molecule has 0 aliphatic rings. The summed E-state index contributed by atoms with van der Waals surface area (Å²) < 4.78 is 26.8. The molecule has 0 unspecified atom stereocenters. The molecule has 0 saturated heterocycles. The van der Waals surface area contributed by atoms with E-state index in [0.29, 0.717) is 11.0 Å². The molecule has 0 aliphatic heterocycles. The molecule has 0 saturated carbocycles. The van der Waals surface area contributed by atoms with E-state index in [1.54, 1.807) is 18.2 Å². The van der Waals surface area contributed by atoms with Gasteiger partial charge in [-0.3, -0.25) is 0 Å². The average Bonchev–Trinajstić information content (AvgIpc) is 2.28. The fraction of sp³-hybridized carbons (Fsp3) is 0.385. The molecule has 5 heteroatoms. The molecule has 0 radical (unpaired) electrons. The summed E-state index contributed by atoms with van der Waals surface area (Å²) in [4.78, 5) is 0.261. The van der Waals surface area contributed by atoms with Crippen LogP contribution >= 0.6 is 15.9 Å². The van der Waals surface area contributed by atoms with Crippen molar-refractivity contribution in [1.82, 2.24) is 4.31 Å². The van der Waals surface area contributed by atoms with E-state index in [4.69, 9.17) is 6.42 Å². The minimum Gasteiger partial charge on any atom is -0.207 e. The number of hydrogen-bond donors (Lipinski definition) is 0. The van der Waals surface area contributed by atoms with Crippen molar-refractivity contribution >= 4 is 26.0 Å². The van der Waals surface area contributed by atoms with Crippen LogP contribution < -0.4 is 0 Å². The zero-order valence-electron chi connectivity index (χ0n) is 10.5. The Morgan fingerprint density at radius 3 is 2.61 bits per heavy atom. The molecule has 0 fully saturated rings. The summed E-state index contributed by atoms with van der Waals surface area (Å²) in [6, 6.07) is 5.17. The number of benzene rings is 1. The summed E-state index contributed by atoms with van der Waals surface area (Å²) in [5.74, 6) is 2.39. The molecule has 3 nitrogen and oxygen atoms in total. The molecular weight excluding hydrogens is 314 g/mol. The molecule has 0 amide bonds. The maximum Gasteiger partial charge on any atom is 0.245 e. The highest BCUT2D eigenvalue weighted by Gasteiger charge is 2.25. The van der Waals surface area contributed by atoms with Crippen molar-refractivity contribution < 1.29 is 8.42 Å². The standard InChI is InChI=1S/C13H16BrNO2S/c1-4-8-15(9-5-2)18(16,17)13-7-6-11(3)10-12(13)14/h1,6-7,10H,5,8-9H2,2-3H3. The van der Waals surface area contributed by atoms with Gasteiger partial charge in [-0.15, -0.1) is 6.42 Å². The topological polar surface area (TPSA) is 37.4 Å². The summed E-state index contributed by atoms with van der Waals surface area (Å²) in [7, 11) is -3.53. The van der Waals surface area contributed by atoms with E-state index in [0.717, 1.165) is 12.0 Å². The first-order valence-corrected chi connectivity index (χ1v) is 7.86. The average molecular weight is 330 g/mol. The number of rotatable bonds is 5. The second-order valence-electron chi connectivity index (χ2n) is 3.98. The predicted octanol–water partition coefficient (Wildman–Crippen LogP) is 2.79. The van der Waals surface area contributed by atoms with Crippen LogP contribution in [-0.2, 0) is 10.0 Å². The minimum atomic E-state index is -3.53. The Balaban J connectivity index is 3.22. The van der Waals surface area contributed by atoms with Crippen molar-refractivity contribution in [3.63, 3.8) is 0 Å². The van der Waals surface area contributed by atoms with Gasteiger partial charge in [-0.1, -0.05) is 18.9 Å². The van der Waals surface area contributed by atoms with Crippen LogP contribution in [0.3, 0.4) is 0 Å². The zero-order valence-corrected chi connectivity index (χ0v) is 12.9. The predicted molar refractivity (Wildman–Crippen MR) is 76.8 cm³/mol. The Bertz CT molecular complexity index is 561. The zero-order chi connectivity index (χ0) is 13.8. The van der Waals surface area contributed by atoms with Crippen LogP contribution in [0, 0.1) is 19.3 Å². The molecule has 1 rings (SSSR count). The normalized spacial score (nSPS) is 11.5. The third kappa shape index (κ3) is 3.35. The van der Waals surface area contributed by atoms with E-state index in [1.165, 1.54) is 4.31 Å². The van der Waals surface area contributed by atoms with Gasteiger partial charge in [-0.05, 0) is 47.0 Å². The third-order valence-corrected chi connectivity index (χ3v) is 5.27. The number of terminal acetylenes is 1. The molecule has 0 aromatic heterocycles. The van der Waals surface area contributed by atoms with Gasteiger partial charge in [0.1, 0.15) is 0 Å². The van der Waals surface area contributed by atoms with Crippen LogP contribution in [0.4, 0.5) is 0 Å². The number of sulfonamides is 1. The summed E-state index contributed by atoms with van der Waals surface area (Å²) >= 11 is 3.30. The van der Waals surface area contributed by atoms with Crippen molar-refractivity contribution in [1.29, 1.82) is 0 Å². The fourth-order valence-corrected chi connectivity index (χ4v) is 4.19. The second kappa shape index (κ2) is 6.37. The van der Waals surface area contributed by atoms with Crippen LogP contribution in [-0.4, -0.2) is 25.8 Å². The van der Waals surface area contributed by atoms with E-state index in [2.05, 4.69) is 21.9 Å². The van der Waals surface area contributed by atoms with Crippen LogP contribution in [0.1, 0.15) is 18.9 Å².